The van der Waals surface area contributed by atoms with Crippen molar-refractivity contribution in [3.63, 3.8) is 0 Å². The molecular weight excluding hydrogens is 408 g/mol. The fourth-order valence-corrected chi connectivity index (χ4v) is 5.37. The number of imidazole rings is 1. The van der Waals surface area contributed by atoms with E-state index in [2.05, 4.69) is 17.2 Å². The fraction of sp³-hybridized carbons (Fsp3) is 0.421. The van der Waals surface area contributed by atoms with Crippen LogP contribution in [0.25, 0.3) is 11.2 Å². The van der Waals surface area contributed by atoms with Gasteiger partial charge in [0.1, 0.15) is 11.5 Å². The SMILES string of the molecule is C[C@@H]1CCc2c(sc(NC(=O)Cn3cnc4c3c(=O)n(C)c(=O)n4C)c2C(N)=O)C1. The first-order valence-electron chi connectivity index (χ1n) is 9.54. The molecule has 0 fully saturated rings. The second kappa shape index (κ2) is 7.24. The van der Waals surface area contributed by atoms with Crippen LogP contribution in [-0.4, -0.2) is 30.5 Å². The molecular formula is C19H22N6O4S. The molecule has 0 saturated heterocycles. The topological polar surface area (TPSA) is 134 Å². The van der Waals surface area contributed by atoms with Crippen LogP contribution in [0.2, 0.25) is 0 Å². The van der Waals surface area contributed by atoms with Gasteiger partial charge in [-0.1, -0.05) is 6.92 Å². The van der Waals surface area contributed by atoms with E-state index in [1.165, 1.54) is 40.9 Å². The highest BCUT2D eigenvalue weighted by molar-refractivity contribution is 7.17. The van der Waals surface area contributed by atoms with Crippen LogP contribution in [0.15, 0.2) is 15.9 Å². The molecule has 0 aliphatic heterocycles. The van der Waals surface area contributed by atoms with Crippen LogP contribution < -0.4 is 22.3 Å². The van der Waals surface area contributed by atoms with Crippen LogP contribution >= 0.6 is 11.3 Å². The van der Waals surface area contributed by atoms with Gasteiger partial charge in [0.25, 0.3) is 11.5 Å². The van der Waals surface area contributed by atoms with Crippen molar-refractivity contribution < 1.29 is 9.59 Å². The average Bonchev–Trinajstić information content (AvgIpc) is 3.25. The molecule has 10 nitrogen and oxygen atoms in total. The smallest absolute Gasteiger partial charge is 0.332 e. The number of amides is 2. The molecule has 1 atom stereocenters. The minimum Gasteiger partial charge on any atom is -0.365 e. The van der Waals surface area contributed by atoms with E-state index in [0.29, 0.717) is 16.5 Å². The maximum absolute atomic E-state index is 12.7. The van der Waals surface area contributed by atoms with Crippen LogP contribution in [0.1, 0.15) is 34.1 Å². The van der Waals surface area contributed by atoms with E-state index in [1.54, 1.807) is 0 Å². The molecule has 0 radical (unpaired) electrons. The molecule has 2 amide bonds. The third-order valence-corrected chi connectivity index (χ3v) is 6.71. The second-order valence-corrected chi connectivity index (χ2v) is 8.82. The maximum Gasteiger partial charge on any atom is 0.332 e. The van der Waals surface area contributed by atoms with Crippen molar-refractivity contribution in [2.45, 2.75) is 32.7 Å². The second-order valence-electron chi connectivity index (χ2n) is 7.72. The monoisotopic (exact) mass is 430 g/mol. The zero-order valence-corrected chi connectivity index (χ0v) is 17.7. The van der Waals surface area contributed by atoms with Gasteiger partial charge in [0.15, 0.2) is 11.2 Å². The molecule has 3 heterocycles. The van der Waals surface area contributed by atoms with Crippen molar-refractivity contribution in [2.24, 2.45) is 25.7 Å². The molecule has 1 aliphatic rings. The van der Waals surface area contributed by atoms with E-state index >= 15 is 0 Å². The van der Waals surface area contributed by atoms with Gasteiger partial charge in [-0.25, -0.2) is 9.78 Å². The largest absolute Gasteiger partial charge is 0.365 e. The van der Waals surface area contributed by atoms with Crippen LogP contribution in [0.3, 0.4) is 0 Å². The Morgan fingerprint density at radius 3 is 2.73 bits per heavy atom. The number of aryl methyl sites for hydroxylation is 1. The summed E-state index contributed by atoms with van der Waals surface area (Å²) in [6.07, 6.45) is 3.94. The number of carbonyl (C=O) groups is 2. The number of nitrogens with one attached hydrogen (secondary N) is 1. The molecule has 0 bridgehead atoms. The maximum atomic E-state index is 12.7. The Morgan fingerprint density at radius 2 is 2.03 bits per heavy atom. The summed E-state index contributed by atoms with van der Waals surface area (Å²) in [6, 6.07) is 0. The third kappa shape index (κ3) is 3.15. The van der Waals surface area contributed by atoms with Crippen LogP contribution in [0, 0.1) is 5.92 Å². The van der Waals surface area contributed by atoms with Crippen molar-refractivity contribution in [3.8, 4) is 0 Å². The van der Waals surface area contributed by atoms with Crippen LogP contribution in [0.5, 0.6) is 0 Å². The lowest BCUT2D eigenvalue weighted by molar-refractivity contribution is -0.116. The molecule has 3 N–H and O–H groups in total. The third-order valence-electron chi connectivity index (χ3n) is 5.54. The summed E-state index contributed by atoms with van der Waals surface area (Å²) in [4.78, 5) is 54.6. The Balaban J connectivity index is 1.66. The number of aromatic nitrogens is 4. The number of rotatable bonds is 4. The lowest BCUT2D eigenvalue weighted by Crippen LogP contribution is -2.37. The lowest BCUT2D eigenvalue weighted by atomic mass is 9.88. The first kappa shape index (κ1) is 20.1. The number of fused-ring (bicyclic) bond motifs is 2. The predicted molar refractivity (Wildman–Crippen MR) is 113 cm³/mol. The first-order chi connectivity index (χ1) is 14.2. The average molecular weight is 430 g/mol. The highest BCUT2D eigenvalue weighted by atomic mass is 32.1. The number of hydrogen-bond acceptors (Lipinski definition) is 6. The number of anilines is 1. The molecule has 11 heteroatoms. The van der Waals surface area contributed by atoms with Gasteiger partial charge in [-0.15, -0.1) is 11.3 Å². The Bertz CT molecular complexity index is 1310. The number of thiophene rings is 1. The number of nitrogens with zero attached hydrogens (tertiary/aromatic N) is 4. The summed E-state index contributed by atoms with van der Waals surface area (Å²) in [6.45, 7) is 1.96. The highest BCUT2D eigenvalue weighted by Gasteiger charge is 2.27. The van der Waals surface area contributed by atoms with E-state index in [1.807, 2.05) is 0 Å². The van der Waals surface area contributed by atoms with Crippen molar-refractivity contribution in [1.29, 1.82) is 0 Å². The van der Waals surface area contributed by atoms with E-state index in [0.717, 1.165) is 34.3 Å². The summed E-state index contributed by atoms with van der Waals surface area (Å²) < 4.78 is 3.62. The van der Waals surface area contributed by atoms with Gasteiger partial charge in [-0.05, 0) is 30.7 Å². The molecule has 158 valence electrons. The summed E-state index contributed by atoms with van der Waals surface area (Å²) >= 11 is 1.38. The molecule has 0 unspecified atom stereocenters. The molecule has 4 rings (SSSR count). The molecule has 0 aromatic carbocycles. The minimum absolute atomic E-state index is 0.157. The Labute approximate surface area is 174 Å². The Hall–Kier alpha value is -3.21. The van der Waals surface area contributed by atoms with E-state index in [-0.39, 0.29) is 17.7 Å². The molecule has 0 saturated carbocycles. The Kier molecular flexibility index (Phi) is 4.85. The quantitative estimate of drug-likeness (QED) is 0.616. The first-order valence-corrected chi connectivity index (χ1v) is 10.4. The van der Waals surface area contributed by atoms with Gasteiger partial charge >= 0.3 is 5.69 Å². The van der Waals surface area contributed by atoms with Gasteiger partial charge in [0.05, 0.1) is 11.9 Å². The molecule has 30 heavy (non-hydrogen) atoms. The van der Waals surface area contributed by atoms with E-state index in [4.69, 9.17) is 5.73 Å². The van der Waals surface area contributed by atoms with Gasteiger partial charge < -0.3 is 15.6 Å². The lowest BCUT2D eigenvalue weighted by Gasteiger charge is -2.18. The number of hydrogen-bond donors (Lipinski definition) is 2. The van der Waals surface area contributed by atoms with Crippen molar-refractivity contribution in [2.75, 3.05) is 5.32 Å². The summed E-state index contributed by atoms with van der Waals surface area (Å²) in [5.74, 6) is -0.464. The van der Waals surface area contributed by atoms with Crippen molar-refractivity contribution in [3.05, 3.63) is 43.2 Å². The zero-order chi connectivity index (χ0) is 21.7. The van der Waals surface area contributed by atoms with Gasteiger partial charge in [-0.3, -0.25) is 23.5 Å². The standard InChI is InChI=1S/C19H22N6O4S/c1-9-4-5-10-11(6-9)30-17(13(10)15(20)27)22-12(26)7-25-8-21-16-14(25)18(28)24(3)19(29)23(16)2/h8-9H,4-7H2,1-3H3,(H2,20,27)(H,22,26)/t9-/m1/s1. The van der Waals surface area contributed by atoms with Crippen LogP contribution in [0.4, 0.5) is 5.00 Å². The normalized spacial score (nSPS) is 15.9. The fourth-order valence-electron chi connectivity index (χ4n) is 3.94. The summed E-state index contributed by atoms with van der Waals surface area (Å²) in [5, 5.41) is 3.22. The molecule has 0 spiro atoms. The van der Waals surface area contributed by atoms with Crippen molar-refractivity contribution >= 4 is 39.3 Å². The number of carbonyl (C=O) groups excluding carboxylic acids is 2. The highest BCUT2D eigenvalue weighted by Crippen LogP contribution is 2.39. The van der Waals surface area contributed by atoms with Gasteiger partial charge in [-0.2, -0.15) is 0 Å². The number of nitrogens with two attached hydrogens (primary N) is 1. The van der Waals surface area contributed by atoms with E-state index < -0.39 is 23.1 Å². The van der Waals surface area contributed by atoms with E-state index in [9.17, 15) is 19.2 Å². The van der Waals surface area contributed by atoms with Gasteiger partial charge in [0, 0.05) is 19.0 Å². The molecule has 1 aliphatic carbocycles. The zero-order valence-electron chi connectivity index (χ0n) is 16.9. The Morgan fingerprint density at radius 1 is 1.30 bits per heavy atom. The van der Waals surface area contributed by atoms with Gasteiger partial charge in [0.2, 0.25) is 5.91 Å². The van der Waals surface area contributed by atoms with Crippen LogP contribution in [-0.2, 0) is 38.3 Å². The minimum atomic E-state index is -0.561. The summed E-state index contributed by atoms with van der Waals surface area (Å²) in [5.41, 5.74) is 6.24. The summed E-state index contributed by atoms with van der Waals surface area (Å²) in [7, 11) is 2.88. The molecule has 3 aromatic heterocycles. The predicted octanol–water partition coefficient (Wildman–Crippen LogP) is 0.358. The number of primary amides is 1. The van der Waals surface area contributed by atoms with Crippen molar-refractivity contribution in [1.82, 2.24) is 18.7 Å². The molecule has 3 aromatic rings.